The molecule has 0 spiro atoms. The third-order valence-corrected chi connectivity index (χ3v) is 10.1. The number of nitrogens with two attached hydrogens (primary N) is 2. The highest BCUT2D eigenvalue weighted by atomic mass is 32.2. The second kappa shape index (κ2) is 11.7. The van der Waals surface area contributed by atoms with Crippen LogP contribution in [0.4, 0.5) is 5.13 Å². The number of hydrogen-bond acceptors (Lipinski definition) is 11. The highest BCUT2D eigenvalue weighted by Gasteiger charge is 2.54. The van der Waals surface area contributed by atoms with E-state index in [0.29, 0.717) is 23.4 Å². The molecule has 17 heteroatoms. The summed E-state index contributed by atoms with van der Waals surface area (Å²) in [7, 11) is 1.28. The lowest BCUT2D eigenvalue weighted by Crippen LogP contribution is -2.71. The maximum absolute atomic E-state index is 13.2. The van der Waals surface area contributed by atoms with E-state index < -0.39 is 29.2 Å². The van der Waals surface area contributed by atoms with E-state index in [1.807, 2.05) is 46.7 Å². The number of thiazole rings is 1. The Morgan fingerprint density at radius 1 is 1.32 bits per heavy atom. The maximum atomic E-state index is 13.2. The van der Waals surface area contributed by atoms with Gasteiger partial charge in [0.1, 0.15) is 35.8 Å². The van der Waals surface area contributed by atoms with E-state index >= 15 is 0 Å². The minimum Gasteiger partial charge on any atom is -0.477 e. The van der Waals surface area contributed by atoms with Crippen LogP contribution < -0.4 is 21.4 Å². The summed E-state index contributed by atoms with van der Waals surface area (Å²) in [6, 6.07) is 4.91. The van der Waals surface area contributed by atoms with E-state index in [1.54, 1.807) is 16.7 Å². The lowest BCUT2D eigenvalue weighted by Gasteiger charge is -2.49. The molecule has 44 heavy (non-hydrogen) atoms. The number of amides is 2. The highest BCUT2D eigenvalue weighted by molar-refractivity contribution is 8.00. The number of anilines is 1. The van der Waals surface area contributed by atoms with Crippen LogP contribution in [0.1, 0.15) is 16.1 Å². The second-order valence-electron chi connectivity index (χ2n) is 9.93. The Kier molecular flexibility index (Phi) is 7.83. The van der Waals surface area contributed by atoms with Gasteiger partial charge in [0.25, 0.3) is 11.8 Å². The molecule has 0 radical (unpaired) electrons. The Hall–Kier alpha value is -4.74. The summed E-state index contributed by atoms with van der Waals surface area (Å²) in [6.07, 6.45) is 5.79. The number of carbonyl (C=O) groups is 3. The number of β-lactam (4-membered cyclic amide) rings is 1. The summed E-state index contributed by atoms with van der Waals surface area (Å²) >= 11 is 4.05. The Morgan fingerprint density at radius 2 is 2.14 bits per heavy atom. The zero-order valence-corrected chi connectivity index (χ0v) is 25.5. The molecular weight excluding hydrogens is 627 g/mol. The number of carboxylic acids is 1. The van der Waals surface area contributed by atoms with Crippen molar-refractivity contribution in [1.82, 2.24) is 19.8 Å². The van der Waals surface area contributed by atoms with Gasteiger partial charge in [-0.05, 0) is 12.1 Å². The predicted molar refractivity (Wildman–Crippen MR) is 166 cm³/mol. The van der Waals surface area contributed by atoms with Crippen molar-refractivity contribution in [3.63, 3.8) is 0 Å². The van der Waals surface area contributed by atoms with Gasteiger partial charge in [-0.1, -0.05) is 5.16 Å². The minimum absolute atomic E-state index is 0.0386. The summed E-state index contributed by atoms with van der Waals surface area (Å²) in [5.41, 5.74) is 13.5. The van der Waals surface area contributed by atoms with Crippen molar-refractivity contribution in [2.75, 3.05) is 18.6 Å². The largest absolute Gasteiger partial charge is 0.477 e. The van der Waals surface area contributed by atoms with Crippen molar-refractivity contribution in [3.05, 3.63) is 75.0 Å². The fourth-order valence-electron chi connectivity index (χ4n) is 5.13. The first-order chi connectivity index (χ1) is 21.1. The van der Waals surface area contributed by atoms with Crippen LogP contribution in [0.25, 0.3) is 10.9 Å². The van der Waals surface area contributed by atoms with Crippen LogP contribution in [0.15, 0.2) is 64.0 Å². The molecule has 0 saturated carbocycles. The summed E-state index contributed by atoms with van der Waals surface area (Å²) in [5, 5.41) is 28.2. The second-order valence-corrected chi connectivity index (χ2v) is 12.9. The van der Waals surface area contributed by atoms with E-state index in [1.165, 1.54) is 23.8 Å². The number of fused-ring (bicyclic) bond motifs is 2. The molecule has 2 aliphatic rings. The molecule has 6 rings (SSSR count). The van der Waals surface area contributed by atoms with Crippen molar-refractivity contribution >= 4 is 79.8 Å². The molecule has 0 aromatic carbocycles. The van der Waals surface area contributed by atoms with Crippen molar-refractivity contribution in [3.8, 4) is 0 Å². The summed E-state index contributed by atoms with van der Waals surface area (Å²) in [4.78, 5) is 49.7. The van der Waals surface area contributed by atoms with Gasteiger partial charge in [0.05, 0.1) is 17.4 Å². The number of aliphatic carboxylic acids is 1. The van der Waals surface area contributed by atoms with E-state index in [2.05, 4.69) is 20.0 Å². The van der Waals surface area contributed by atoms with Gasteiger partial charge >= 0.3 is 5.97 Å². The Labute approximate surface area is 262 Å². The molecule has 6 heterocycles. The van der Waals surface area contributed by atoms with Crippen LogP contribution in [0.5, 0.6) is 0 Å². The predicted octanol–water partition coefficient (Wildman–Crippen LogP) is 1.15. The molecule has 2 amide bonds. The van der Waals surface area contributed by atoms with Crippen LogP contribution in [0.3, 0.4) is 0 Å². The molecule has 0 bridgehead atoms. The normalized spacial score (nSPS) is 18.2. The number of nitrogen functional groups attached to an aromatic ring is 2. The zero-order valence-electron chi connectivity index (χ0n) is 23.1. The number of nitrogens with one attached hydrogen (secondary N) is 2. The Balaban J connectivity index is 1.18. The van der Waals surface area contributed by atoms with Crippen LogP contribution in [0.2, 0.25) is 0 Å². The fourth-order valence-corrected chi connectivity index (χ4v) is 7.89. The number of carboxylic acid groups (broad SMARTS) is 1. The smallest absolute Gasteiger partial charge is 0.352 e. The molecule has 226 valence electrons. The molecule has 4 aromatic rings. The quantitative estimate of drug-likeness (QED) is 0.0547. The lowest BCUT2D eigenvalue weighted by atomic mass is 10.0. The number of pyridine rings is 1. The standard InChI is InChI=1S/C27H25N9O5S3/c1-41-33-19(17-12-44-27(30)31-17)23(37)32-20-24(38)36-21(26(39)40)15(11-43-25(20)36)8-34-4-3-18-13(7-34)2-5-35(18)9-16-6-14(10-42-16)22(28)29/h2-7,10,12,20,25H,8-9,11H2,1H3,(H6-,28,29,30,31,32,37,39,40)/p+1/t20-,25-/m1/s1. The fraction of sp³-hybridized carbons (Fsp3) is 0.222. The number of hydrogen-bond donors (Lipinski definition) is 5. The lowest BCUT2D eigenvalue weighted by molar-refractivity contribution is -0.687. The van der Waals surface area contributed by atoms with Gasteiger partial charge in [0, 0.05) is 44.8 Å². The van der Waals surface area contributed by atoms with Gasteiger partial charge in [-0.25, -0.2) is 14.3 Å². The molecule has 4 aromatic heterocycles. The molecule has 7 N–H and O–H groups in total. The van der Waals surface area contributed by atoms with E-state index in [9.17, 15) is 19.5 Å². The van der Waals surface area contributed by atoms with Crippen LogP contribution >= 0.6 is 34.4 Å². The highest BCUT2D eigenvalue weighted by Crippen LogP contribution is 2.40. The molecule has 14 nitrogen and oxygen atoms in total. The van der Waals surface area contributed by atoms with Crippen LogP contribution in [-0.4, -0.2) is 73.2 Å². The van der Waals surface area contributed by atoms with Gasteiger partial charge in [0.15, 0.2) is 29.8 Å². The Morgan fingerprint density at radius 3 is 2.82 bits per heavy atom. The van der Waals surface area contributed by atoms with Gasteiger partial charge < -0.3 is 31.3 Å². The first-order valence-electron chi connectivity index (χ1n) is 13.1. The van der Waals surface area contributed by atoms with E-state index in [4.69, 9.17) is 21.7 Å². The molecule has 1 saturated heterocycles. The number of thioether (sulfide) groups is 1. The Bertz CT molecular complexity index is 1890. The number of rotatable bonds is 10. The average Bonchev–Trinajstić information content (AvgIpc) is 3.74. The number of oxime groups is 1. The van der Waals surface area contributed by atoms with Crippen molar-refractivity contribution in [2.45, 2.75) is 24.5 Å². The SMILES string of the molecule is CON=C(C(=O)N[C@@H]1C(=O)N2C(C(=O)O)=C(C[n+]3ccc4c(ccn4Cc4cc(C(=N)N)cs4)c3)CS[C@H]12)c1csc(N)n1. The molecule has 0 unspecified atom stereocenters. The monoisotopic (exact) mass is 652 g/mol. The number of thiophene rings is 1. The van der Waals surface area contributed by atoms with Gasteiger partial charge in [-0.15, -0.1) is 34.4 Å². The number of amidine groups is 1. The topological polar surface area (TPSA) is 206 Å². The third kappa shape index (κ3) is 5.40. The van der Waals surface area contributed by atoms with E-state index in [-0.39, 0.29) is 34.6 Å². The van der Waals surface area contributed by atoms with Crippen LogP contribution in [0, 0.1) is 5.41 Å². The number of aromatic nitrogens is 3. The summed E-state index contributed by atoms with van der Waals surface area (Å²) in [5.74, 6) is -2.03. The van der Waals surface area contributed by atoms with Gasteiger partial charge in [0.2, 0.25) is 0 Å². The van der Waals surface area contributed by atoms with Crippen LogP contribution in [-0.2, 0) is 32.3 Å². The first kappa shape index (κ1) is 29.3. The minimum atomic E-state index is -1.21. The molecule has 2 atom stereocenters. The number of carbonyl (C=O) groups excluding carboxylic acids is 2. The van der Waals surface area contributed by atoms with Gasteiger partial charge in [-0.3, -0.25) is 19.9 Å². The van der Waals surface area contributed by atoms with Crippen molar-refractivity contribution in [1.29, 1.82) is 5.41 Å². The number of nitrogens with zero attached hydrogens (tertiary/aromatic N) is 5. The van der Waals surface area contributed by atoms with Crippen molar-refractivity contribution < 1.29 is 28.9 Å². The molecule has 1 fully saturated rings. The summed E-state index contributed by atoms with van der Waals surface area (Å²) in [6.45, 7) is 0.898. The van der Waals surface area contributed by atoms with Crippen molar-refractivity contribution in [2.24, 2.45) is 10.9 Å². The molecule has 0 aliphatic carbocycles. The zero-order chi connectivity index (χ0) is 31.1. The van der Waals surface area contributed by atoms with Gasteiger partial charge in [-0.2, -0.15) is 0 Å². The first-order valence-corrected chi connectivity index (χ1v) is 15.9. The molecule has 2 aliphatic heterocycles. The maximum Gasteiger partial charge on any atom is 0.352 e. The molecular formula is C27H26N9O5S3+. The summed E-state index contributed by atoms with van der Waals surface area (Å²) < 4.78 is 3.99. The third-order valence-electron chi connectivity index (χ3n) is 7.13. The average molecular weight is 653 g/mol. The van der Waals surface area contributed by atoms with E-state index in [0.717, 1.165) is 27.1 Å².